The molecular weight excluding hydrogens is 158 g/mol. The molecule has 4 nitrogen and oxygen atoms in total. The average molecular weight is 175 g/mol. The number of aliphatic hydroxyl groups excluding tert-OH is 1. The van der Waals surface area contributed by atoms with Gasteiger partial charge in [0.1, 0.15) is 0 Å². The van der Waals surface area contributed by atoms with Crippen molar-refractivity contribution in [2.75, 3.05) is 13.1 Å². The number of hydrogen-bond donors (Lipinski definition) is 2. The van der Waals surface area contributed by atoms with Crippen molar-refractivity contribution in [3.8, 4) is 0 Å². The molecule has 2 N–H and O–H groups in total. The van der Waals surface area contributed by atoms with Crippen LogP contribution in [-0.2, 0) is 4.79 Å². The standard InChI is InChI=1S/C8H17NO3/c1-6(2)9(4-7(3)10)5-8(11)12/h6-7,10H,4-5H2,1-3H3,(H,11,12). The van der Waals surface area contributed by atoms with Gasteiger partial charge >= 0.3 is 5.97 Å². The van der Waals surface area contributed by atoms with Crippen molar-refractivity contribution in [1.29, 1.82) is 0 Å². The van der Waals surface area contributed by atoms with Crippen LogP contribution in [0.5, 0.6) is 0 Å². The Kier molecular flexibility index (Phi) is 4.85. The molecule has 0 aromatic rings. The Balaban J connectivity index is 3.95. The van der Waals surface area contributed by atoms with Crippen molar-refractivity contribution >= 4 is 5.97 Å². The first-order valence-electron chi connectivity index (χ1n) is 4.07. The second kappa shape index (κ2) is 5.11. The SMILES string of the molecule is CC(O)CN(CC(=O)O)C(C)C. The van der Waals surface area contributed by atoms with Crippen molar-refractivity contribution in [1.82, 2.24) is 4.90 Å². The minimum Gasteiger partial charge on any atom is -0.480 e. The van der Waals surface area contributed by atoms with E-state index in [-0.39, 0.29) is 12.6 Å². The summed E-state index contributed by atoms with van der Waals surface area (Å²) in [6.45, 7) is 5.86. The van der Waals surface area contributed by atoms with Crippen molar-refractivity contribution < 1.29 is 15.0 Å². The molecule has 0 aliphatic heterocycles. The fourth-order valence-corrected chi connectivity index (χ4v) is 0.971. The van der Waals surface area contributed by atoms with E-state index in [0.29, 0.717) is 6.54 Å². The summed E-state index contributed by atoms with van der Waals surface area (Å²) < 4.78 is 0. The maximum Gasteiger partial charge on any atom is 0.317 e. The largest absolute Gasteiger partial charge is 0.480 e. The van der Waals surface area contributed by atoms with Crippen LogP contribution in [0.15, 0.2) is 0 Å². The summed E-state index contributed by atoms with van der Waals surface area (Å²) in [4.78, 5) is 12.1. The highest BCUT2D eigenvalue weighted by Gasteiger charge is 2.14. The second-order valence-corrected chi connectivity index (χ2v) is 3.27. The van der Waals surface area contributed by atoms with Crippen molar-refractivity contribution in [3.63, 3.8) is 0 Å². The number of carboxylic acid groups (broad SMARTS) is 1. The highest BCUT2D eigenvalue weighted by Crippen LogP contribution is 1.99. The number of aliphatic carboxylic acids is 1. The summed E-state index contributed by atoms with van der Waals surface area (Å²) >= 11 is 0. The fourth-order valence-electron chi connectivity index (χ4n) is 0.971. The van der Waals surface area contributed by atoms with Crippen LogP contribution in [0.2, 0.25) is 0 Å². The van der Waals surface area contributed by atoms with Gasteiger partial charge in [0.15, 0.2) is 0 Å². The van der Waals surface area contributed by atoms with Crippen LogP contribution < -0.4 is 0 Å². The summed E-state index contributed by atoms with van der Waals surface area (Å²) in [6, 6.07) is 0.149. The highest BCUT2D eigenvalue weighted by atomic mass is 16.4. The molecule has 0 saturated heterocycles. The molecule has 0 bridgehead atoms. The van der Waals surface area contributed by atoms with Crippen LogP contribution in [0.3, 0.4) is 0 Å². The molecule has 1 atom stereocenters. The lowest BCUT2D eigenvalue weighted by Gasteiger charge is -2.25. The topological polar surface area (TPSA) is 60.8 Å². The van der Waals surface area contributed by atoms with E-state index in [4.69, 9.17) is 10.2 Å². The number of hydrogen-bond acceptors (Lipinski definition) is 3. The predicted molar refractivity (Wildman–Crippen MR) is 46.0 cm³/mol. The quantitative estimate of drug-likeness (QED) is 0.625. The zero-order valence-electron chi connectivity index (χ0n) is 7.82. The third kappa shape index (κ3) is 5.09. The minimum atomic E-state index is -0.857. The van der Waals surface area contributed by atoms with Gasteiger partial charge < -0.3 is 10.2 Å². The molecular formula is C8H17NO3. The maximum atomic E-state index is 10.4. The third-order valence-electron chi connectivity index (χ3n) is 1.57. The van der Waals surface area contributed by atoms with Crippen molar-refractivity contribution in [2.45, 2.75) is 32.9 Å². The van der Waals surface area contributed by atoms with Gasteiger partial charge in [-0.2, -0.15) is 0 Å². The summed E-state index contributed by atoms with van der Waals surface area (Å²) in [6.07, 6.45) is -0.480. The molecule has 4 heteroatoms. The van der Waals surface area contributed by atoms with Gasteiger partial charge in [0.25, 0.3) is 0 Å². The van der Waals surface area contributed by atoms with E-state index in [2.05, 4.69) is 0 Å². The minimum absolute atomic E-state index is 0.0113. The second-order valence-electron chi connectivity index (χ2n) is 3.27. The van der Waals surface area contributed by atoms with E-state index < -0.39 is 12.1 Å². The molecule has 0 fully saturated rings. The third-order valence-corrected chi connectivity index (χ3v) is 1.57. The van der Waals surface area contributed by atoms with Gasteiger partial charge in [0.2, 0.25) is 0 Å². The van der Waals surface area contributed by atoms with Gasteiger partial charge in [-0.05, 0) is 20.8 Å². The average Bonchev–Trinajstić information content (AvgIpc) is 1.83. The monoisotopic (exact) mass is 175 g/mol. The number of nitrogens with zero attached hydrogens (tertiary/aromatic N) is 1. The lowest BCUT2D eigenvalue weighted by atomic mass is 10.2. The summed E-state index contributed by atoms with van der Waals surface area (Å²) in [5.74, 6) is -0.857. The first-order chi connectivity index (χ1) is 5.43. The molecule has 0 aliphatic carbocycles. The first kappa shape index (κ1) is 11.4. The van der Waals surface area contributed by atoms with Crippen LogP contribution >= 0.6 is 0 Å². The van der Waals surface area contributed by atoms with Crippen molar-refractivity contribution in [2.24, 2.45) is 0 Å². The van der Waals surface area contributed by atoms with Crippen LogP contribution in [0.25, 0.3) is 0 Å². The van der Waals surface area contributed by atoms with Gasteiger partial charge in [-0.3, -0.25) is 9.69 Å². The van der Waals surface area contributed by atoms with E-state index in [1.165, 1.54) is 0 Å². The lowest BCUT2D eigenvalue weighted by Crippen LogP contribution is -2.40. The summed E-state index contributed by atoms with van der Waals surface area (Å²) in [5, 5.41) is 17.6. The van der Waals surface area contributed by atoms with E-state index in [1.807, 2.05) is 13.8 Å². The molecule has 0 spiro atoms. The first-order valence-corrected chi connectivity index (χ1v) is 4.07. The molecule has 0 saturated carbocycles. The number of carbonyl (C=O) groups is 1. The summed E-state index contributed by atoms with van der Waals surface area (Å²) in [7, 11) is 0. The Morgan fingerprint density at radius 1 is 1.42 bits per heavy atom. The van der Waals surface area contributed by atoms with E-state index in [1.54, 1.807) is 11.8 Å². The summed E-state index contributed by atoms with van der Waals surface area (Å²) in [5.41, 5.74) is 0. The molecule has 0 heterocycles. The van der Waals surface area contributed by atoms with Gasteiger partial charge in [-0.1, -0.05) is 0 Å². The Hall–Kier alpha value is -0.610. The Morgan fingerprint density at radius 3 is 2.17 bits per heavy atom. The highest BCUT2D eigenvalue weighted by molar-refractivity contribution is 5.69. The van der Waals surface area contributed by atoms with Gasteiger partial charge in [0, 0.05) is 12.6 Å². The van der Waals surface area contributed by atoms with Crippen LogP contribution in [0.4, 0.5) is 0 Å². The molecule has 0 amide bonds. The van der Waals surface area contributed by atoms with E-state index in [0.717, 1.165) is 0 Å². The zero-order valence-corrected chi connectivity index (χ0v) is 7.82. The Morgan fingerprint density at radius 2 is 1.92 bits per heavy atom. The Bertz CT molecular complexity index is 145. The molecule has 72 valence electrons. The fraction of sp³-hybridized carbons (Fsp3) is 0.875. The number of carboxylic acids is 1. The molecule has 0 aliphatic rings. The number of aliphatic hydroxyl groups is 1. The number of rotatable bonds is 5. The van der Waals surface area contributed by atoms with E-state index in [9.17, 15) is 4.79 Å². The van der Waals surface area contributed by atoms with Crippen LogP contribution in [0.1, 0.15) is 20.8 Å². The maximum absolute atomic E-state index is 10.4. The molecule has 0 aromatic carbocycles. The molecule has 0 aromatic heterocycles. The van der Waals surface area contributed by atoms with Gasteiger partial charge in [-0.25, -0.2) is 0 Å². The van der Waals surface area contributed by atoms with Gasteiger partial charge in [0.05, 0.1) is 12.6 Å². The predicted octanol–water partition coefficient (Wildman–Crippen LogP) is 0.162. The molecule has 12 heavy (non-hydrogen) atoms. The molecule has 0 radical (unpaired) electrons. The lowest BCUT2D eigenvalue weighted by molar-refractivity contribution is -0.139. The zero-order chi connectivity index (χ0) is 9.72. The smallest absolute Gasteiger partial charge is 0.317 e. The van der Waals surface area contributed by atoms with Crippen LogP contribution in [0, 0.1) is 0 Å². The van der Waals surface area contributed by atoms with E-state index >= 15 is 0 Å². The molecule has 1 unspecified atom stereocenters. The normalized spacial score (nSPS) is 13.8. The van der Waals surface area contributed by atoms with Crippen molar-refractivity contribution in [3.05, 3.63) is 0 Å². The molecule has 0 rings (SSSR count). The van der Waals surface area contributed by atoms with Crippen LogP contribution in [-0.4, -0.2) is 46.3 Å². The van der Waals surface area contributed by atoms with Gasteiger partial charge in [-0.15, -0.1) is 0 Å². The Labute approximate surface area is 72.8 Å².